The molecule has 0 unspecified atom stereocenters. The molecule has 0 bridgehead atoms. The van der Waals surface area contributed by atoms with Crippen LogP contribution in [0, 0.1) is 5.82 Å². The van der Waals surface area contributed by atoms with Crippen molar-refractivity contribution in [1.82, 2.24) is 4.31 Å². The summed E-state index contributed by atoms with van der Waals surface area (Å²) in [6.45, 7) is 1.43. The quantitative estimate of drug-likeness (QED) is 0.821. The van der Waals surface area contributed by atoms with Gasteiger partial charge in [0.15, 0.2) is 5.79 Å². The van der Waals surface area contributed by atoms with Gasteiger partial charge in [-0.25, -0.2) is 12.8 Å². The van der Waals surface area contributed by atoms with Crippen LogP contribution in [0.25, 0.3) is 0 Å². The fraction of sp³-hybridized carbons (Fsp3) is 0.538. The first-order valence-corrected chi connectivity index (χ1v) is 8.20. The monoisotopic (exact) mass is 316 g/mol. The van der Waals surface area contributed by atoms with Gasteiger partial charge >= 0.3 is 0 Å². The Hall–Kier alpha value is -1.22. The summed E-state index contributed by atoms with van der Waals surface area (Å²) < 4.78 is 50.9. The van der Waals surface area contributed by atoms with Gasteiger partial charge in [-0.3, -0.25) is 0 Å². The van der Waals surface area contributed by atoms with Crippen LogP contribution in [0.3, 0.4) is 0 Å². The highest BCUT2D eigenvalue weighted by atomic mass is 32.2. The Morgan fingerprint density at radius 3 is 2.67 bits per heavy atom. The number of piperidine rings is 1. The van der Waals surface area contributed by atoms with E-state index in [1.807, 2.05) is 0 Å². The topological polar surface area (TPSA) is 81.9 Å². The fourth-order valence-electron chi connectivity index (χ4n) is 2.78. The summed E-state index contributed by atoms with van der Waals surface area (Å²) in [5.41, 5.74) is 5.56. The lowest BCUT2D eigenvalue weighted by molar-refractivity contribution is -0.179. The Labute approximate surface area is 122 Å². The van der Waals surface area contributed by atoms with Gasteiger partial charge < -0.3 is 15.2 Å². The number of nitrogen functional groups attached to an aromatic ring is 1. The van der Waals surface area contributed by atoms with Gasteiger partial charge in [-0.1, -0.05) is 0 Å². The van der Waals surface area contributed by atoms with E-state index in [0.29, 0.717) is 32.6 Å². The summed E-state index contributed by atoms with van der Waals surface area (Å²) in [4.78, 5) is -0.0843. The largest absolute Gasteiger partial charge is 0.398 e. The van der Waals surface area contributed by atoms with Crippen molar-refractivity contribution >= 4 is 15.7 Å². The minimum Gasteiger partial charge on any atom is -0.398 e. The molecule has 3 rings (SSSR count). The maximum atomic E-state index is 13.1. The van der Waals surface area contributed by atoms with Gasteiger partial charge in [0, 0.05) is 13.0 Å². The molecule has 21 heavy (non-hydrogen) atoms. The predicted molar refractivity (Wildman–Crippen MR) is 73.4 cm³/mol. The van der Waals surface area contributed by atoms with E-state index in [4.69, 9.17) is 15.2 Å². The molecule has 2 saturated heterocycles. The average molecular weight is 316 g/mol. The summed E-state index contributed by atoms with van der Waals surface area (Å²) in [5, 5.41) is 0. The number of nitrogens with zero attached hydrogens (tertiary/aromatic N) is 1. The normalized spacial score (nSPS) is 22.7. The first kappa shape index (κ1) is 14.7. The molecule has 2 N–H and O–H groups in total. The van der Waals surface area contributed by atoms with Gasteiger partial charge in [0.05, 0.1) is 25.4 Å². The predicted octanol–water partition coefficient (Wildman–Crippen LogP) is 0.935. The van der Waals surface area contributed by atoms with Crippen molar-refractivity contribution < 1.29 is 22.3 Å². The zero-order valence-electron chi connectivity index (χ0n) is 11.4. The third kappa shape index (κ3) is 2.64. The molecule has 6 nitrogen and oxygen atoms in total. The summed E-state index contributed by atoms with van der Waals surface area (Å²) in [6.07, 6.45) is 1.30. The van der Waals surface area contributed by atoms with Crippen LogP contribution in [0.15, 0.2) is 23.1 Å². The van der Waals surface area contributed by atoms with Crippen LogP contribution in [-0.4, -0.2) is 44.8 Å². The third-order valence-corrected chi connectivity index (χ3v) is 5.70. The van der Waals surface area contributed by atoms with Crippen LogP contribution in [0.1, 0.15) is 12.8 Å². The van der Waals surface area contributed by atoms with E-state index in [1.54, 1.807) is 0 Å². The molecule has 1 spiro atoms. The molecule has 2 fully saturated rings. The van der Waals surface area contributed by atoms with E-state index < -0.39 is 21.6 Å². The molecule has 116 valence electrons. The lowest BCUT2D eigenvalue weighted by Crippen LogP contribution is -2.50. The Morgan fingerprint density at radius 1 is 1.29 bits per heavy atom. The van der Waals surface area contributed by atoms with E-state index in [-0.39, 0.29) is 17.1 Å². The Morgan fingerprint density at radius 2 is 2.00 bits per heavy atom. The van der Waals surface area contributed by atoms with E-state index in [0.717, 1.165) is 12.1 Å². The van der Waals surface area contributed by atoms with Gasteiger partial charge in [-0.05, 0) is 24.6 Å². The Balaban J connectivity index is 1.90. The molecule has 1 aromatic carbocycles. The van der Waals surface area contributed by atoms with Gasteiger partial charge in [-0.2, -0.15) is 4.31 Å². The first-order valence-electron chi connectivity index (χ1n) is 6.76. The number of halogens is 1. The minimum atomic E-state index is -3.79. The summed E-state index contributed by atoms with van der Waals surface area (Å²) in [5.74, 6) is -1.41. The Kier molecular flexibility index (Phi) is 3.64. The first-order chi connectivity index (χ1) is 9.93. The van der Waals surface area contributed by atoms with Crippen LogP contribution in [-0.2, 0) is 19.5 Å². The van der Waals surface area contributed by atoms with Crippen LogP contribution in [0.5, 0.6) is 0 Å². The number of rotatable bonds is 2. The standard InChI is InChI=1S/C13H17FN2O4S/c14-10-2-3-12(11(15)8-10)21(17,18)16-5-1-4-13(9-16)19-6-7-20-13/h2-3,8H,1,4-7,9,15H2. The number of hydrogen-bond acceptors (Lipinski definition) is 5. The molecule has 0 atom stereocenters. The van der Waals surface area contributed by atoms with Crippen molar-refractivity contribution in [1.29, 1.82) is 0 Å². The van der Waals surface area contributed by atoms with E-state index in [1.165, 1.54) is 10.4 Å². The second-order valence-corrected chi connectivity index (χ2v) is 7.14. The van der Waals surface area contributed by atoms with Crippen molar-refractivity contribution in [3.63, 3.8) is 0 Å². The molecule has 0 aliphatic carbocycles. The second-order valence-electron chi connectivity index (χ2n) is 5.23. The van der Waals surface area contributed by atoms with Gasteiger partial charge in [0.2, 0.25) is 10.0 Å². The lowest BCUT2D eigenvalue weighted by Gasteiger charge is -2.37. The molecule has 8 heteroatoms. The molecule has 0 saturated carbocycles. The number of benzene rings is 1. The van der Waals surface area contributed by atoms with E-state index in [2.05, 4.69) is 0 Å². The van der Waals surface area contributed by atoms with Crippen LogP contribution >= 0.6 is 0 Å². The Bertz CT molecular complexity index is 644. The summed E-state index contributed by atoms with van der Waals surface area (Å²) in [7, 11) is -3.79. The SMILES string of the molecule is Nc1cc(F)ccc1S(=O)(=O)N1CCCC2(C1)OCCO2. The molecule has 2 heterocycles. The van der Waals surface area contributed by atoms with Gasteiger partial charge in [0.25, 0.3) is 0 Å². The summed E-state index contributed by atoms with van der Waals surface area (Å²) in [6, 6.07) is 3.29. The molecular formula is C13H17FN2O4S. The maximum absolute atomic E-state index is 13.1. The van der Waals surface area contributed by atoms with Crippen LogP contribution < -0.4 is 5.73 Å². The second kappa shape index (κ2) is 5.20. The highest BCUT2D eigenvalue weighted by molar-refractivity contribution is 7.89. The molecule has 0 aromatic heterocycles. The third-order valence-electron chi connectivity index (χ3n) is 3.79. The van der Waals surface area contributed by atoms with Crippen molar-refractivity contribution in [2.45, 2.75) is 23.5 Å². The smallest absolute Gasteiger partial charge is 0.245 e. The fourth-order valence-corrected chi connectivity index (χ4v) is 4.39. The van der Waals surface area contributed by atoms with E-state index in [9.17, 15) is 12.8 Å². The maximum Gasteiger partial charge on any atom is 0.245 e. The molecule has 0 amide bonds. The number of nitrogens with two attached hydrogens (primary N) is 1. The molecule has 2 aliphatic rings. The highest BCUT2D eigenvalue weighted by Crippen LogP contribution is 2.33. The molecule has 2 aliphatic heterocycles. The molecule has 1 aromatic rings. The minimum absolute atomic E-state index is 0.0843. The number of hydrogen-bond donors (Lipinski definition) is 1. The van der Waals surface area contributed by atoms with Gasteiger partial charge in [-0.15, -0.1) is 0 Å². The van der Waals surface area contributed by atoms with Crippen molar-refractivity contribution in [2.75, 3.05) is 32.0 Å². The van der Waals surface area contributed by atoms with Crippen molar-refractivity contribution in [3.8, 4) is 0 Å². The molecule has 0 radical (unpaired) electrons. The number of ether oxygens (including phenoxy) is 2. The summed E-state index contributed by atoms with van der Waals surface area (Å²) >= 11 is 0. The van der Waals surface area contributed by atoms with Crippen molar-refractivity contribution in [2.24, 2.45) is 0 Å². The van der Waals surface area contributed by atoms with E-state index >= 15 is 0 Å². The van der Waals surface area contributed by atoms with Crippen molar-refractivity contribution in [3.05, 3.63) is 24.0 Å². The zero-order chi connectivity index (χ0) is 15.1. The van der Waals surface area contributed by atoms with Crippen LogP contribution in [0.4, 0.5) is 10.1 Å². The zero-order valence-corrected chi connectivity index (χ0v) is 12.2. The number of anilines is 1. The van der Waals surface area contributed by atoms with Gasteiger partial charge in [0.1, 0.15) is 10.7 Å². The highest BCUT2D eigenvalue weighted by Gasteiger charge is 2.44. The average Bonchev–Trinajstić information content (AvgIpc) is 2.86. The molecular weight excluding hydrogens is 299 g/mol. The lowest BCUT2D eigenvalue weighted by atomic mass is 10.1. The number of sulfonamides is 1. The van der Waals surface area contributed by atoms with Crippen LogP contribution in [0.2, 0.25) is 0 Å².